The molecule has 2 amide bonds. The van der Waals surface area contributed by atoms with Crippen molar-refractivity contribution in [2.24, 2.45) is 0 Å². The molecule has 0 atom stereocenters. The van der Waals surface area contributed by atoms with Crippen molar-refractivity contribution in [3.05, 3.63) is 119 Å². The van der Waals surface area contributed by atoms with Gasteiger partial charge in [-0.1, -0.05) is 48.5 Å². The molecule has 2 saturated heterocycles. The maximum atomic E-state index is 13.5. The Morgan fingerprint density at radius 2 is 1.05 bits per heavy atom. The van der Waals surface area contributed by atoms with E-state index in [2.05, 4.69) is 9.47 Å². The summed E-state index contributed by atoms with van der Waals surface area (Å²) in [5.74, 6) is -0.160. The second kappa shape index (κ2) is 17.3. The topological polar surface area (TPSA) is 114 Å². The van der Waals surface area contributed by atoms with Crippen LogP contribution in [-0.4, -0.2) is 96.9 Å². The van der Waals surface area contributed by atoms with Gasteiger partial charge in [-0.3, -0.25) is 14.6 Å². The Labute approximate surface area is 332 Å². The van der Waals surface area contributed by atoms with Crippen LogP contribution in [0.4, 0.5) is 35.9 Å². The third kappa shape index (κ3) is 10.6. The van der Waals surface area contributed by atoms with Gasteiger partial charge in [-0.25, -0.2) is 9.59 Å². The van der Waals surface area contributed by atoms with E-state index in [-0.39, 0.29) is 71.1 Å². The zero-order chi connectivity index (χ0) is 41.7. The number of carbonyl (C=O) groups is 2. The number of ether oxygens (including phenoxy) is 4. The Morgan fingerprint density at radius 1 is 0.593 bits per heavy atom. The Balaban J connectivity index is 0.896. The molecular weight excluding hydrogens is 790 g/mol. The highest BCUT2D eigenvalue weighted by Crippen LogP contribution is 2.30. The highest BCUT2D eigenvalue weighted by molar-refractivity contribution is 5.83. The third-order valence-corrected chi connectivity index (χ3v) is 9.77. The molecule has 0 bridgehead atoms. The van der Waals surface area contributed by atoms with E-state index in [0.717, 1.165) is 0 Å². The maximum Gasteiger partial charge on any atom is 0.573 e. The van der Waals surface area contributed by atoms with Gasteiger partial charge in [0.1, 0.15) is 34.8 Å². The summed E-state index contributed by atoms with van der Waals surface area (Å²) in [4.78, 5) is 46.1. The molecule has 2 aliphatic heterocycles. The van der Waals surface area contributed by atoms with Gasteiger partial charge in [0, 0.05) is 82.6 Å². The Bertz CT molecular complexity index is 2340. The molecule has 310 valence electrons. The van der Waals surface area contributed by atoms with Crippen molar-refractivity contribution in [3.63, 3.8) is 0 Å². The number of halogens is 6. The highest BCUT2D eigenvalue weighted by atomic mass is 19.4. The van der Waals surface area contributed by atoms with E-state index in [1.54, 1.807) is 36.4 Å². The molecule has 2 fully saturated rings. The van der Waals surface area contributed by atoms with Crippen molar-refractivity contribution >= 4 is 23.2 Å². The van der Waals surface area contributed by atoms with Gasteiger partial charge in [-0.15, -0.1) is 26.3 Å². The van der Waals surface area contributed by atoms with E-state index < -0.39 is 24.9 Å². The SMILES string of the molecule is O=C(Oc1ccc(-c2coc3cc(OC(=O)N4CCN(Cc5ccccc5OC(F)(F)F)CC4)ccc3c2=O)cc1)N1CCN(Cc2ccccc2OC(F)(F)F)CC1. The lowest BCUT2D eigenvalue weighted by atomic mass is 10.1. The summed E-state index contributed by atoms with van der Waals surface area (Å²) in [6.07, 6.45) is -9.57. The number of alkyl halides is 6. The number of hydrogen-bond acceptors (Lipinski definition) is 10. The average Bonchev–Trinajstić information content (AvgIpc) is 3.19. The summed E-state index contributed by atoms with van der Waals surface area (Å²) in [5, 5.41) is 0.233. The van der Waals surface area contributed by atoms with Crippen molar-refractivity contribution in [2.75, 3.05) is 52.4 Å². The molecule has 2 aliphatic rings. The fourth-order valence-electron chi connectivity index (χ4n) is 6.78. The molecule has 0 radical (unpaired) electrons. The van der Waals surface area contributed by atoms with E-state index in [0.29, 0.717) is 56.0 Å². The molecule has 59 heavy (non-hydrogen) atoms. The number of fused-ring (bicyclic) bond motifs is 1. The molecule has 5 aromatic rings. The summed E-state index contributed by atoms with van der Waals surface area (Å²) >= 11 is 0. The normalized spacial score (nSPS) is 15.6. The summed E-state index contributed by atoms with van der Waals surface area (Å²) in [6.45, 7) is 3.13. The van der Waals surface area contributed by atoms with Gasteiger partial charge in [-0.2, -0.15) is 0 Å². The summed E-state index contributed by atoms with van der Waals surface area (Å²) in [7, 11) is 0. The van der Waals surface area contributed by atoms with Gasteiger partial charge < -0.3 is 33.2 Å². The first-order valence-electron chi connectivity index (χ1n) is 18.4. The Kier molecular flexibility index (Phi) is 12.0. The fourth-order valence-corrected chi connectivity index (χ4v) is 6.78. The molecule has 4 aromatic carbocycles. The maximum absolute atomic E-state index is 13.5. The van der Waals surface area contributed by atoms with Gasteiger partial charge >= 0.3 is 24.9 Å². The van der Waals surface area contributed by atoms with E-state index >= 15 is 0 Å². The Hall–Kier alpha value is -6.27. The van der Waals surface area contributed by atoms with E-state index in [1.165, 1.54) is 70.7 Å². The lowest BCUT2D eigenvalue weighted by molar-refractivity contribution is -0.276. The molecule has 0 aliphatic carbocycles. The number of nitrogens with zero attached hydrogens (tertiary/aromatic N) is 4. The zero-order valence-electron chi connectivity index (χ0n) is 31.1. The number of rotatable bonds is 9. The molecule has 3 heterocycles. The number of hydrogen-bond donors (Lipinski definition) is 0. The molecule has 0 unspecified atom stereocenters. The molecule has 12 nitrogen and oxygen atoms in total. The van der Waals surface area contributed by atoms with E-state index in [1.807, 2.05) is 9.80 Å². The lowest BCUT2D eigenvalue weighted by Gasteiger charge is -2.34. The number of para-hydroxylation sites is 2. The minimum absolute atomic E-state index is 0.146. The highest BCUT2D eigenvalue weighted by Gasteiger charge is 2.34. The number of carbonyl (C=O) groups excluding carboxylic acids is 2. The van der Waals surface area contributed by atoms with Crippen LogP contribution in [0.15, 0.2) is 106 Å². The molecule has 1 aromatic heterocycles. The first-order chi connectivity index (χ1) is 28.2. The van der Waals surface area contributed by atoms with Crippen LogP contribution in [0, 0.1) is 0 Å². The largest absolute Gasteiger partial charge is 0.573 e. The van der Waals surface area contributed by atoms with Crippen molar-refractivity contribution in [2.45, 2.75) is 25.8 Å². The van der Waals surface area contributed by atoms with Crippen molar-refractivity contribution in [1.29, 1.82) is 0 Å². The van der Waals surface area contributed by atoms with Crippen LogP contribution >= 0.6 is 0 Å². The van der Waals surface area contributed by atoms with E-state index in [4.69, 9.17) is 13.9 Å². The predicted octanol–water partition coefficient (Wildman–Crippen LogP) is 7.89. The van der Waals surface area contributed by atoms with E-state index in [9.17, 15) is 40.7 Å². The standard InChI is InChI=1S/C41H36F6N4O8/c42-40(43,44)58-34-7-3-1-5-28(34)24-48-15-19-50(20-16-48)38(53)56-30-11-9-27(10-12-30)33-26-55-36-23-31(13-14-32(36)37(33)52)57-39(54)51-21-17-49(18-22-51)25-29-6-2-4-8-35(29)59-41(45,46)47/h1-14,23,26H,15-22,24-25H2. The van der Waals surface area contributed by atoms with Crippen LogP contribution in [0.25, 0.3) is 22.1 Å². The van der Waals surface area contributed by atoms with Crippen LogP contribution in [0.5, 0.6) is 23.0 Å². The van der Waals surface area contributed by atoms with Crippen molar-refractivity contribution in [1.82, 2.24) is 19.6 Å². The molecular formula is C41H36F6N4O8. The molecule has 0 spiro atoms. The zero-order valence-corrected chi connectivity index (χ0v) is 31.1. The van der Waals surface area contributed by atoms with Crippen LogP contribution in [0.1, 0.15) is 11.1 Å². The van der Waals surface area contributed by atoms with Crippen LogP contribution in [0.3, 0.4) is 0 Å². The van der Waals surface area contributed by atoms with Crippen molar-refractivity contribution < 1.29 is 59.3 Å². The molecule has 18 heteroatoms. The van der Waals surface area contributed by atoms with Crippen LogP contribution in [-0.2, 0) is 13.1 Å². The summed E-state index contributed by atoms with van der Waals surface area (Å²) < 4.78 is 102. The number of amides is 2. The third-order valence-electron chi connectivity index (χ3n) is 9.77. The minimum atomic E-state index is -4.81. The quantitative estimate of drug-likeness (QED) is 0.136. The second-order valence-corrected chi connectivity index (χ2v) is 13.7. The first-order valence-corrected chi connectivity index (χ1v) is 18.4. The minimum Gasteiger partial charge on any atom is -0.463 e. The lowest BCUT2D eigenvalue weighted by Crippen LogP contribution is -2.49. The fraction of sp³-hybridized carbons (Fsp3) is 0.293. The molecule has 7 rings (SSSR count). The van der Waals surface area contributed by atoms with Gasteiger partial charge in [0.2, 0.25) is 0 Å². The average molecular weight is 827 g/mol. The van der Waals surface area contributed by atoms with Crippen molar-refractivity contribution in [3.8, 4) is 34.1 Å². The van der Waals surface area contributed by atoms with Gasteiger partial charge in [0.25, 0.3) is 0 Å². The summed E-state index contributed by atoms with van der Waals surface area (Å²) in [5.41, 5.74) is 1.31. The first kappa shape index (κ1) is 40.9. The smallest absolute Gasteiger partial charge is 0.463 e. The van der Waals surface area contributed by atoms with Gasteiger partial charge in [0.15, 0.2) is 5.43 Å². The van der Waals surface area contributed by atoms with Crippen LogP contribution < -0.4 is 24.4 Å². The van der Waals surface area contributed by atoms with Gasteiger partial charge in [0.05, 0.1) is 10.9 Å². The monoisotopic (exact) mass is 826 g/mol. The number of benzene rings is 4. The van der Waals surface area contributed by atoms with Crippen LogP contribution in [0.2, 0.25) is 0 Å². The summed E-state index contributed by atoms with van der Waals surface area (Å²) in [6, 6.07) is 22.5. The molecule has 0 N–H and O–H groups in total. The Morgan fingerprint density at radius 3 is 1.54 bits per heavy atom. The number of piperazine rings is 2. The molecule has 0 saturated carbocycles. The predicted molar refractivity (Wildman–Crippen MR) is 200 cm³/mol. The second-order valence-electron chi connectivity index (χ2n) is 13.7. The van der Waals surface area contributed by atoms with Gasteiger partial charge in [-0.05, 0) is 42.0 Å².